The molecule has 0 bridgehead atoms. The Labute approximate surface area is 263 Å². The van der Waals surface area contributed by atoms with Crippen LogP contribution in [-0.2, 0) is 42.9 Å². The number of carbonyl (C=O) groups excluding carboxylic acids is 4. The highest BCUT2D eigenvalue weighted by molar-refractivity contribution is 7.71. The van der Waals surface area contributed by atoms with E-state index in [4.69, 9.17) is 45.7 Å². The zero-order valence-electron chi connectivity index (χ0n) is 25.1. The maximum atomic E-state index is 12.3. The van der Waals surface area contributed by atoms with Gasteiger partial charge in [0.05, 0.1) is 13.3 Å². The number of ether oxygens (including phenoxy) is 6. The molecule has 0 spiro atoms. The van der Waals surface area contributed by atoms with E-state index in [9.17, 15) is 19.2 Å². The molecule has 0 unspecified atom stereocenters. The van der Waals surface area contributed by atoms with Gasteiger partial charge in [-0.05, 0) is 42.0 Å². The number of hydrogen-bond acceptors (Lipinski definition) is 13. The maximum absolute atomic E-state index is 12.3. The lowest BCUT2D eigenvalue weighted by Crippen LogP contribution is -2.60. The van der Waals surface area contributed by atoms with Crippen LogP contribution in [0.3, 0.4) is 0 Å². The molecule has 3 aromatic rings. The molecule has 1 aromatic heterocycles. The van der Waals surface area contributed by atoms with Gasteiger partial charge in [0.1, 0.15) is 18.5 Å². The van der Waals surface area contributed by atoms with Crippen molar-refractivity contribution in [2.75, 3.05) is 13.7 Å². The van der Waals surface area contributed by atoms with Crippen LogP contribution in [-0.4, -0.2) is 82.7 Å². The normalized spacial score (nSPS) is 21.1. The summed E-state index contributed by atoms with van der Waals surface area (Å²) in [5.74, 6) is -1.91. The summed E-state index contributed by atoms with van der Waals surface area (Å²) < 4.78 is 36.0. The van der Waals surface area contributed by atoms with Crippen LogP contribution in [0.15, 0.2) is 59.7 Å². The molecular formula is C30H32N4O10S. The average Bonchev–Trinajstić information content (AvgIpc) is 3.32. The first kappa shape index (κ1) is 33.0. The highest BCUT2D eigenvalue weighted by atomic mass is 32.1. The second kappa shape index (κ2) is 14.7. The zero-order chi connectivity index (χ0) is 32.7. The predicted molar refractivity (Wildman–Crippen MR) is 160 cm³/mol. The Morgan fingerprint density at radius 1 is 0.867 bits per heavy atom. The molecule has 238 valence electrons. The summed E-state index contributed by atoms with van der Waals surface area (Å²) in [6, 6.07) is 16.2. The molecule has 1 saturated heterocycles. The van der Waals surface area contributed by atoms with Gasteiger partial charge >= 0.3 is 23.9 Å². The van der Waals surface area contributed by atoms with E-state index >= 15 is 0 Å². The van der Waals surface area contributed by atoms with Crippen molar-refractivity contribution in [1.82, 2.24) is 14.5 Å². The first-order valence-electron chi connectivity index (χ1n) is 13.7. The molecule has 1 fully saturated rings. The van der Waals surface area contributed by atoms with E-state index in [1.54, 1.807) is 49.7 Å². The predicted octanol–water partition coefficient (Wildman–Crippen LogP) is 3.23. The van der Waals surface area contributed by atoms with Gasteiger partial charge in [0.25, 0.3) is 0 Å². The summed E-state index contributed by atoms with van der Waals surface area (Å²) >= 11 is 5.82. The highest BCUT2D eigenvalue weighted by Crippen LogP contribution is 2.35. The van der Waals surface area contributed by atoms with E-state index in [2.05, 4.69) is 5.10 Å². The van der Waals surface area contributed by atoms with Gasteiger partial charge in [0.2, 0.25) is 4.77 Å². The number of esters is 4. The molecule has 45 heavy (non-hydrogen) atoms. The van der Waals surface area contributed by atoms with Crippen LogP contribution >= 0.6 is 12.2 Å². The minimum absolute atomic E-state index is 0.0134. The lowest BCUT2D eigenvalue weighted by Gasteiger charge is -2.44. The van der Waals surface area contributed by atoms with E-state index < -0.39 is 61.1 Å². The Kier molecular flexibility index (Phi) is 10.8. The van der Waals surface area contributed by atoms with Crippen molar-refractivity contribution in [3.05, 3.63) is 64.9 Å². The van der Waals surface area contributed by atoms with Gasteiger partial charge in [-0.1, -0.05) is 30.3 Å². The van der Waals surface area contributed by atoms with Gasteiger partial charge in [0, 0.05) is 33.3 Å². The van der Waals surface area contributed by atoms with Gasteiger partial charge < -0.3 is 28.4 Å². The smallest absolute Gasteiger partial charge is 0.303 e. The Bertz CT molecular complexity index is 1620. The fourth-order valence-electron chi connectivity index (χ4n) is 4.63. The Balaban J connectivity index is 1.88. The average molecular weight is 641 g/mol. The van der Waals surface area contributed by atoms with E-state index in [0.717, 1.165) is 26.3 Å². The molecule has 1 aliphatic rings. The third kappa shape index (κ3) is 8.19. The first-order valence-corrected chi connectivity index (χ1v) is 14.1. The molecule has 2 aromatic carbocycles. The summed E-state index contributed by atoms with van der Waals surface area (Å²) in [6.07, 6.45) is -5.10. The number of aromatic nitrogens is 3. The third-order valence-corrected chi connectivity index (χ3v) is 6.82. The molecule has 15 heteroatoms. The standard InChI is InChI=1S/C30H32N4O10S/c1-17(35)40-16-24-25(41-18(2)36)26(42-19(3)37)27(43-20(4)38)29(44-24)34-30(45)33(28(32-34)22-9-7-6-8-10-22)31-15-21-11-13-23(39-5)14-12-21/h6-15,24-27,29H,16H2,1-5H3/b31-15+/t24-,25-,26+,27-,29-/m1/s1. The lowest BCUT2D eigenvalue weighted by molar-refractivity contribution is -0.270. The van der Waals surface area contributed by atoms with Crippen molar-refractivity contribution < 1.29 is 47.6 Å². The molecule has 0 aliphatic carbocycles. The van der Waals surface area contributed by atoms with Crippen LogP contribution in [0.1, 0.15) is 39.5 Å². The molecule has 0 N–H and O–H groups in total. The summed E-state index contributed by atoms with van der Waals surface area (Å²) in [5.41, 5.74) is 1.37. The summed E-state index contributed by atoms with van der Waals surface area (Å²) in [6.45, 7) is 4.23. The Morgan fingerprint density at radius 2 is 1.47 bits per heavy atom. The van der Waals surface area contributed by atoms with Crippen molar-refractivity contribution in [2.24, 2.45) is 5.10 Å². The van der Waals surface area contributed by atoms with Crippen LogP contribution in [0.5, 0.6) is 5.75 Å². The fourth-order valence-corrected chi connectivity index (χ4v) is 4.91. The second-order valence-corrected chi connectivity index (χ2v) is 10.2. The summed E-state index contributed by atoms with van der Waals surface area (Å²) in [7, 11) is 1.57. The van der Waals surface area contributed by atoms with Crippen LogP contribution < -0.4 is 4.74 Å². The van der Waals surface area contributed by atoms with Gasteiger partial charge in [-0.15, -0.1) is 5.10 Å². The van der Waals surface area contributed by atoms with Crippen molar-refractivity contribution in [3.8, 4) is 17.1 Å². The lowest BCUT2D eigenvalue weighted by atomic mass is 9.97. The molecule has 5 atom stereocenters. The largest absolute Gasteiger partial charge is 0.497 e. The van der Waals surface area contributed by atoms with Gasteiger partial charge in [-0.3, -0.25) is 19.2 Å². The van der Waals surface area contributed by atoms with Crippen molar-refractivity contribution in [1.29, 1.82) is 0 Å². The number of benzene rings is 2. The number of hydrogen-bond donors (Lipinski definition) is 0. The quantitative estimate of drug-likeness (QED) is 0.138. The minimum Gasteiger partial charge on any atom is -0.497 e. The Morgan fingerprint density at radius 3 is 2.04 bits per heavy atom. The van der Waals surface area contributed by atoms with Crippen LogP contribution in [0.4, 0.5) is 0 Å². The monoisotopic (exact) mass is 640 g/mol. The van der Waals surface area contributed by atoms with E-state index in [1.807, 2.05) is 18.2 Å². The number of methoxy groups -OCH3 is 1. The van der Waals surface area contributed by atoms with Gasteiger partial charge in [0.15, 0.2) is 30.4 Å². The topological polar surface area (TPSA) is 159 Å². The molecule has 4 rings (SSSR count). The summed E-state index contributed by atoms with van der Waals surface area (Å²) in [4.78, 5) is 48.4. The molecule has 0 saturated carbocycles. The molecule has 1 aliphatic heterocycles. The molecule has 14 nitrogen and oxygen atoms in total. The first-order chi connectivity index (χ1) is 21.5. The van der Waals surface area contributed by atoms with E-state index in [0.29, 0.717) is 17.1 Å². The van der Waals surface area contributed by atoms with Crippen molar-refractivity contribution >= 4 is 42.3 Å². The third-order valence-electron chi connectivity index (χ3n) is 6.46. The van der Waals surface area contributed by atoms with Crippen LogP contribution in [0, 0.1) is 4.77 Å². The van der Waals surface area contributed by atoms with Crippen LogP contribution in [0.25, 0.3) is 11.4 Å². The van der Waals surface area contributed by atoms with Gasteiger partial charge in [-0.2, -0.15) is 9.78 Å². The molecule has 0 amide bonds. The number of carbonyl (C=O) groups is 4. The number of rotatable bonds is 10. The molecular weight excluding hydrogens is 608 g/mol. The molecule has 0 radical (unpaired) electrons. The van der Waals surface area contributed by atoms with Crippen LogP contribution in [0.2, 0.25) is 0 Å². The van der Waals surface area contributed by atoms with Crippen molar-refractivity contribution in [2.45, 2.75) is 58.3 Å². The van der Waals surface area contributed by atoms with E-state index in [-0.39, 0.29) is 4.77 Å². The Hall–Kier alpha value is -4.89. The van der Waals surface area contributed by atoms with Gasteiger partial charge in [-0.25, -0.2) is 4.68 Å². The SMILES string of the molecule is COc1ccc(/C=N/n2c(-c3ccccc3)nn([C@@H]3O[C@H](COC(C)=O)[C@@H](OC(C)=O)[C@H](OC(C)=O)[C@H]3OC(C)=O)c2=S)cc1. The maximum Gasteiger partial charge on any atom is 0.303 e. The summed E-state index contributed by atoms with van der Waals surface area (Å²) in [5, 5.41) is 9.29. The zero-order valence-corrected chi connectivity index (χ0v) is 26.0. The number of nitrogens with zero attached hydrogens (tertiary/aromatic N) is 4. The highest BCUT2D eigenvalue weighted by Gasteiger charge is 2.53. The van der Waals surface area contributed by atoms with E-state index in [1.165, 1.54) is 16.3 Å². The fraction of sp³-hybridized carbons (Fsp3) is 0.367. The van der Waals surface area contributed by atoms with Crippen molar-refractivity contribution in [3.63, 3.8) is 0 Å². The minimum atomic E-state index is -1.41. The second-order valence-electron chi connectivity index (χ2n) is 9.84. The molecule has 2 heterocycles.